The number of ketones is 1. The normalized spacial score (nSPS) is 17.0. The van der Waals surface area contributed by atoms with Crippen LogP contribution < -0.4 is 0 Å². The molecule has 0 rings (SSSR count). The molecule has 1 nitrogen and oxygen atoms in total. The summed E-state index contributed by atoms with van der Waals surface area (Å²) in [6.45, 7) is 4.09. The van der Waals surface area contributed by atoms with E-state index in [1.165, 1.54) is 13.8 Å². The number of Topliss-reactive ketones (excluding diaryl/α,β-unsaturated/α-hetero) is 1. The molecule has 0 radical (unpaired) electrons. The maximum atomic E-state index is 12.1. The Kier molecular flexibility index (Phi) is 2.94. The van der Waals surface area contributed by atoms with Gasteiger partial charge < -0.3 is 0 Å². The van der Waals surface area contributed by atoms with Crippen LogP contribution in [0.25, 0.3) is 0 Å². The van der Waals surface area contributed by atoms with Gasteiger partial charge in [0.1, 0.15) is 5.78 Å². The van der Waals surface area contributed by atoms with Gasteiger partial charge in [-0.1, -0.05) is 6.92 Å². The van der Waals surface area contributed by atoms with Gasteiger partial charge in [0.2, 0.25) is 0 Å². The van der Waals surface area contributed by atoms with E-state index >= 15 is 0 Å². The minimum atomic E-state index is -2.55. The zero-order valence-corrected chi connectivity index (χ0v) is 6.45. The molecule has 1 atom stereocenters. The number of halogens is 2. The quantitative estimate of drug-likeness (QED) is 0.603. The molecule has 0 saturated carbocycles. The summed E-state index contributed by atoms with van der Waals surface area (Å²) < 4.78 is 24.2. The zero-order chi connectivity index (χ0) is 8.36. The van der Waals surface area contributed by atoms with Crippen molar-refractivity contribution in [2.45, 2.75) is 33.6 Å². The minimum Gasteiger partial charge on any atom is -0.299 e. The first kappa shape index (κ1) is 9.53. The molecule has 0 aliphatic rings. The van der Waals surface area contributed by atoms with Gasteiger partial charge in [-0.25, -0.2) is 8.78 Å². The molecule has 0 saturated heterocycles. The van der Waals surface area contributed by atoms with Crippen LogP contribution in [0.1, 0.15) is 27.2 Å². The van der Waals surface area contributed by atoms with E-state index in [0.717, 1.165) is 0 Å². The number of alkyl halides is 2. The second-order valence-corrected chi connectivity index (χ2v) is 2.63. The van der Waals surface area contributed by atoms with Crippen LogP contribution in [0.3, 0.4) is 0 Å². The van der Waals surface area contributed by atoms with Crippen molar-refractivity contribution in [1.29, 1.82) is 0 Å². The van der Waals surface area contributed by atoms with E-state index in [2.05, 4.69) is 0 Å². The van der Waals surface area contributed by atoms with Crippen LogP contribution in [-0.4, -0.2) is 12.2 Å². The van der Waals surface area contributed by atoms with E-state index in [-0.39, 0.29) is 6.42 Å². The van der Waals surface area contributed by atoms with E-state index < -0.39 is 17.6 Å². The molecule has 0 aromatic rings. The second kappa shape index (κ2) is 3.08. The monoisotopic (exact) mass is 150 g/mol. The Hall–Kier alpha value is -0.470. The lowest BCUT2D eigenvalue weighted by Crippen LogP contribution is -2.32. The van der Waals surface area contributed by atoms with Crippen molar-refractivity contribution in [3.8, 4) is 0 Å². The smallest absolute Gasteiger partial charge is 0.250 e. The molecule has 0 bridgehead atoms. The van der Waals surface area contributed by atoms with Gasteiger partial charge in [-0.15, -0.1) is 0 Å². The Bertz CT molecular complexity index is 134. The van der Waals surface area contributed by atoms with Gasteiger partial charge in [-0.05, 0) is 20.3 Å². The van der Waals surface area contributed by atoms with Gasteiger partial charge in [0.05, 0.1) is 5.41 Å². The van der Waals surface area contributed by atoms with Crippen LogP contribution in [0.15, 0.2) is 0 Å². The minimum absolute atomic E-state index is 0.194. The van der Waals surface area contributed by atoms with Gasteiger partial charge in [0.25, 0.3) is 6.43 Å². The van der Waals surface area contributed by atoms with Crippen LogP contribution in [0.2, 0.25) is 0 Å². The Morgan fingerprint density at radius 3 is 2.00 bits per heavy atom. The summed E-state index contributed by atoms with van der Waals surface area (Å²) in [5.74, 6) is -0.440. The highest BCUT2D eigenvalue weighted by molar-refractivity contribution is 5.82. The molecule has 0 aromatic carbocycles. The van der Waals surface area contributed by atoms with Gasteiger partial charge in [-0.2, -0.15) is 0 Å². The summed E-state index contributed by atoms with van der Waals surface area (Å²) in [5.41, 5.74) is -1.43. The lowest BCUT2D eigenvalue weighted by molar-refractivity contribution is -0.134. The molecule has 0 aliphatic carbocycles. The Morgan fingerprint density at radius 1 is 1.60 bits per heavy atom. The largest absolute Gasteiger partial charge is 0.299 e. The SMILES string of the molecule is CC[C@@](C)(C(C)=O)C(F)F. The maximum Gasteiger partial charge on any atom is 0.250 e. The molecule has 0 aliphatic heterocycles. The number of hydrogen-bond acceptors (Lipinski definition) is 1. The van der Waals surface area contributed by atoms with Crippen molar-refractivity contribution in [3.05, 3.63) is 0 Å². The van der Waals surface area contributed by atoms with Gasteiger partial charge in [0, 0.05) is 0 Å². The number of hydrogen-bond donors (Lipinski definition) is 0. The predicted octanol–water partition coefficient (Wildman–Crippen LogP) is 2.26. The Balaban J connectivity index is 4.38. The molecule has 0 heterocycles. The molecule has 10 heavy (non-hydrogen) atoms. The molecule has 0 fully saturated rings. The maximum absolute atomic E-state index is 12.1. The van der Waals surface area contributed by atoms with Gasteiger partial charge in [-0.3, -0.25) is 4.79 Å². The van der Waals surface area contributed by atoms with Gasteiger partial charge in [0.15, 0.2) is 0 Å². The molecule has 0 aromatic heterocycles. The summed E-state index contributed by atoms with van der Waals surface area (Å²) in [4.78, 5) is 10.7. The lowest BCUT2D eigenvalue weighted by Gasteiger charge is -2.23. The fourth-order valence-electron chi connectivity index (χ4n) is 0.557. The Morgan fingerprint density at radius 2 is 2.00 bits per heavy atom. The van der Waals surface area contributed by atoms with Crippen molar-refractivity contribution in [2.24, 2.45) is 5.41 Å². The number of carbonyl (C=O) groups is 1. The topological polar surface area (TPSA) is 17.1 Å². The third-order valence-electron chi connectivity index (χ3n) is 2.02. The van der Waals surface area contributed by atoms with Crippen LogP contribution in [0.5, 0.6) is 0 Å². The highest BCUT2D eigenvalue weighted by Gasteiger charge is 2.37. The predicted molar refractivity (Wildman–Crippen MR) is 35.1 cm³/mol. The Labute approximate surface area is 59.4 Å². The second-order valence-electron chi connectivity index (χ2n) is 2.63. The van der Waals surface area contributed by atoms with Gasteiger partial charge >= 0.3 is 0 Å². The van der Waals surface area contributed by atoms with E-state index in [9.17, 15) is 13.6 Å². The summed E-state index contributed by atoms with van der Waals surface area (Å²) >= 11 is 0. The molecular formula is C7H12F2O. The molecular weight excluding hydrogens is 138 g/mol. The molecule has 0 N–H and O–H groups in total. The van der Waals surface area contributed by atoms with Crippen LogP contribution >= 0.6 is 0 Å². The number of carbonyl (C=O) groups excluding carboxylic acids is 1. The molecule has 3 heteroatoms. The van der Waals surface area contributed by atoms with Crippen LogP contribution in [0.4, 0.5) is 8.78 Å². The average molecular weight is 150 g/mol. The summed E-state index contributed by atoms with van der Waals surface area (Å²) in [7, 11) is 0. The van der Waals surface area contributed by atoms with Crippen molar-refractivity contribution >= 4 is 5.78 Å². The standard InChI is InChI=1S/C7H12F2O/c1-4-7(3,5(2)10)6(8)9/h6H,4H2,1-3H3/t7-/m0/s1. The van der Waals surface area contributed by atoms with Crippen LogP contribution in [-0.2, 0) is 4.79 Å². The fraction of sp³-hybridized carbons (Fsp3) is 0.857. The molecule has 0 amide bonds. The third kappa shape index (κ3) is 1.52. The zero-order valence-electron chi connectivity index (χ0n) is 6.45. The first-order valence-electron chi connectivity index (χ1n) is 3.24. The lowest BCUT2D eigenvalue weighted by atomic mass is 9.84. The first-order chi connectivity index (χ1) is 4.45. The molecule has 0 spiro atoms. The number of rotatable bonds is 3. The summed E-state index contributed by atoms with van der Waals surface area (Å²) in [5, 5.41) is 0. The summed E-state index contributed by atoms with van der Waals surface area (Å²) in [6, 6.07) is 0. The third-order valence-corrected chi connectivity index (χ3v) is 2.02. The van der Waals surface area contributed by atoms with Crippen molar-refractivity contribution in [1.82, 2.24) is 0 Å². The highest BCUT2D eigenvalue weighted by atomic mass is 19.3. The van der Waals surface area contributed by atoms with Crippen molar-refractivity contribution in [3.63, 3.8) is 0 Å². The average Bonchev–Trinajstić information content (AvgIpc) is 1.85. The summed E-state index contributed by atoms with van der Waals surface area (Å²) in [6.07, 6.45) is -2.35. The van der Waals surface area contributed by atoms with E-state index in [4.69, 9.17) is 0 Å². The van der Waals surface area contributed by atoms with E-state index in [1.54, 1.807) is 6.92 Å². The first-order valence-corrected chi connectivity index (χ1v) is 3.24. The van der Waals surface area contributed by atoms with Crippen molar-refractivity contribution < 1.29 is 13.6 Å². The molecule has 0 unspecified atom stereocenters. The molecule has 60 valence electrons. The van der Waals surface area contributed by atoms with Crippen LogP contribution in [0, 0.1) is 5.41 Å². The van der Waals surface area contributed by atoms with Crippen molar-refractivity contribution in [2.75, 3.05) is 0 Å². The van der Waals surface area contributed by atoms with E-state index in [0.29, 0.717) is 0 Å². The highest BCUT2D eigenvalue weighted by Crippen LogP contribution is 2.29. The fourth-order valence-corrected chi connectivity index (χ4v) is 0.557. The van der Waals surface area contributed by atoms with E-state index in [1.807, 2.05) is 0 Å².